The van der Waals surface area contributed by atoms with Crippen LogP contribution in [0.3, 0.4) is 0 Å². The molecule has 14 heteroatoms. The highest BCUT2D eigenvalue weighted by Crippen LogP contribution is 2.31. The molecule has 1 aliphatic rings. The first-order chi connectivity index (χ1) is 24.7. The highest BCUT2D eigenvalue weighted by atomic mass is 32.1. The molecule has 2 heterocycles. The summed E-state index contributed by atoms with van der Waals surface area (Å²) in [6, 6.07) is 7.89. The molecule has 1 aromatic heterocycles. The molecule has 0 spiro atoms. The molecule has 288 valence electrons. The molecule has 0 radical (unpaired) electrons. The number of carbonyl (C=O) groups is 5. The molecule has 1 saturated heterocycles. The third kappa shape index (κ3) is 12.1. The third-order valence-corrected chi connectivity index (χ3v) is 11.1. The number of rotatable bonds is 18. The molecule has 3 unspecified atom stereocenters. The van der Waals surface area contributed by atoms with Crippen LogP contribution in [0.2, 0.25) is 0 Å². The summed E-state index contributed by atoms with van der Waals surface area (Å²) >= 11 is 1.20. The van der Waals surface area contributed by atoms with Crippen molar-refractivity contribution in [2.24, 2.45) is 23.6 Å². The van der Waals surface area contributed by atoms with Crippen LogP contribution in [0.4, 0.5) is 0 Å². The zero-order valence-corrected chi connectivity index (χ0v) is 32.8. The number of likely N-dealkylation sites (N-methyl/N-ethyl adjacent to an activating group) is 2. The molecular formula is C38H59N7O6S. The second kappa shape index (κ2) is 20.4. The van der Waals surface area contributed by atoms with Gasteiger partial charge in [0.15, 0.2) is 6.10 Å². The molecule has 3 rings (SSSR count). The first-order valence-electron chi connectivity index (χ1n) is 18.4. The fourth-order valence-corrected chi connectivity index (χ4v) is 7.62. The SMILES string of the molecule is CC[C@H](C)[C@H](NC(=O)C1CCCCN1C)C(=O)N(C)C(CC(OC(C)=O)c1nc(C(=O)N[C@@H](Cc2ccccc2)C[C@H](C)C(=O)NN)cs1)C(C)C. The topological polar surface area (TPSA) is 176 Å². The lowest BCUT2D eigenvalue weighted by atomic mass is 9.92. The maximum absolute atomic E-state index is 14.2. The first-order valence-corrected chi connectivity index (χ1v) is 19.3. The Labute approximate surface area is 312 Å². The van der Waals surface area contributed by atoms with Crippen molar-refractivity contribution in [3.8, 4) is 0 Å². The van der Waals surface area contributed by atoms with Crippen LogP contribution in [-0.2, 0) is 30.3 Å². The number of amides is 4. The molecule has 5 N–H and O–H groups in total. The summed E-state index contributed by atoms with van der Waals surface area (Å²) in [6.45, 7) is 11.9. The maximum atomic E-state index is 14.2. The number of nitrogens with zero attached hydrogens (tertiary/aromatic N) is 3. The Hall–Kier alpha value is -3.88. The fraction of sp³-hybridized carbons (Fsp3) is 0.632. The molecule has 7 atom stereocenters. The number of hydrogen-bond donors (Lipinski definition) is 4. The number of piperidine rings is 1. The summed E-state index contributed by atoms with van der Waals surface area (Å²) in [6.07, 6.45) is 3.72. The van der Waals surface area contributed by atoms with E-state index in [1.165, 1.54) is 18.3 Å². The minimum absolute atomic E-state index is 0.0426. The number of carbonyl (C=O) groups excluding carboxylic acids is 5. The minimum Gasteiger partial charge on any atom is -0.455 e. The number of nitrogens with two attached hydrogens (primary N) is 1. The average molecular weight is 742 g/mol. The van der Waals surface area contributed by atoms with Gasteiger partial charge >= 0.3 is 5.97 Å². The van der Waals surface area contributed by atoms with E-state index in [4.69, 9.17) is 10.6 Å². The van der Waals surface area contributed by atoms with Gasteiger partial charge in [0, 0.05) is 43.8 Å². The molecule has 1 fully saturated rings. The molecular weight excluding hydrogens is 683 g/mol. The molecule has 0 bridgehead atoms. The van der Waals surface area contributed by atoms with Gasteiger partial charge < -0.3 is 20.3 Å². The number of nitrogens with one attached hydrogen (secondary N) is 3. The van der Waals surface area contributed by atoms with E-state index in [2.05, 4.69) is 21.0 Å². The van der Waals surface area contributed by atoms with Gasteiger partial charge in [-0.15, -0.1) is 11.3 Å². The van der Waals surface area contributed by atoms with Gasteiger partial charge in [0.05, 0.1) is 6.04 Å². The largest absolute Gasteiger partial charge is 0.455 e. The molecule has 1 aromatic carbocycles. The van der Waals surface area contributed by atoms with Gasteiger partial charge in [0.2, 0.25) is 17.7 Å². The van der Waals surface area contributed by atoms with Gasteiger partial charge in [-0.1, -0.05) is 77.8 Å². The number of hydrazine groups is 1. The molecule has 13 nitrogen and oxygen atoms in total. The van der Waals surface area contributed by atoms with Crippen LogP contribution in [0.5, 0.6) is 0 Å². The van der Waals surface area contributed by atoms with Gasteiger partial charge in [-0.05, 0) is 56.7 Å². The number of thiazole rings is 1. The second-order valence-corrected chi connectivity index (χ2v) is 15.4. The highest BCUT2D eigenvalue weighted by Gasteiger charge is 2.37. The van der Waals surface area contributed by atoms with Crippen LogP contribution in [0.1, 0.15) is 107 Å². The molecule has 0 saturated carbocycles. The zero-order valence-electron chi connectivity index (χ0n) is 32.0. The van der Waals surface area contributed by atoms with Crippen LogP contribution in [-0.4, -0.2) is 89.2 Å². The van der Waals surface area contributed by atoms with Crippen molar-refractivity contribution in [3.05, 3.63) is 52.0 Å². The average Bonchev–Trinajstić information content (AvgIpc) is 3.62. The van der Waals surface area contributed by atoms with E-state index in [1.807, 2.05) is 70.0 Å². The molecule has 2 aromatic rings. The Kier molecular flexibility index (Phi) is 16.7. The summed E-state index contributed by atoms with van der Waals surface area (Å²) in [5.74, 6) is 3.15. The van der Waals surface area contributed by atoms with Crippen LogP contribution in [0.25, 0.3) is 0 Å². The Balaban J connectivity index is 1.81. The van der Waals surface area contributed by atoms with E-state index in [0.717, 1.165) is 31.4 Å². The number of esters is 1. The van der Waals surface area contributed by atoms with Crippen molar-refractivity contribution in [3.63, 3.8) is 0 Å². The molecule has 4 amide bonds. The van der Waals surface area contributed by atoms with Gasteiger partial charge in [0.1, 0.15) is 16.7 Å². The number of likely N-dealkylation sites (tertiary alicyclic amines) is 1. The van der Waals surface area contributed by atoms with Crippen LogP contribution in [0.15, 0.2) is 35.7 Å². The summed E-state index contributed by atoms with van der Waals surface area (Å²) in [7, 11) is 3.67. The smallest absolute Gasteiger partial charge is 0.303 e. The highest BCUT2D eigenvalue weighted by molar-refractivity contribution is 7.09. The summed E-state index contributed by atoms with van der Waals surface area (Å²) in [4.78, 5) is 74.1. The van der Waals surface area contributed by atoms with Gasteiger partial charge in [-0.2, -0.15) is 0 Å². The van der Waals surface area contributed by atoms with Crippen molar-refractivity contribution < 1.29 is 28.7 Å². The van der Waals surface area contributed by atoms with Crippen LogP contribution < -0.4 is 21.9 Å². The lowest BCUT2D eigenvalue weighted by molar-refractivity contribution is -0.149. The Morgan fingerprint density at radius 1 is 1.06 bits per heavy atom. The van der Waals surface area contributed by atoms with Crippen LogP contribution >= 0.6 is 11.3 Å². The number of ether oxygens (including phenoxy) is 1. The maximum Gasteiger partial charge on any atom is 0.303 e. The lowest BCUT2D eigenvalue weighted by Gasteiger charge is -2.38. The molecule has 52 heavy (non-hydrogen) atoms. The van der Waals surface area contributed by atoms with E-state index in [0.29, 0.717) is 24.3 Å². The minimum atomic E-state index is -0.826. The van der Waals surface area contributed by atoms with Crippen molar-refractivity contribution in [1.29, 1.82) is 0 Å². The Morgan fingerprint density at radius 2 is 1.75 bits per heavy atom. The monoisotopic (exact) mass is 741 g/mol. The van der Waals surface area contributed by atoms with Crippen LogP contribution in [0, 0.1) is 17.8 Å². The predicted molar refractivity (Wildman–Crippen MR) is 202 cm³/mol. The third-order valence-electron chi connectivity index (χ3n) is 10.1. The zero-order chi connectivity index (χ0) is 38.5. The molecule has 1 aliphatic heterocycles. The normalized spacial score (nSPS) is 18.3. The van der Waals surface area contributed by atoms with E-state index >= 15 is 0 Å². The lowest BCUT2D eigenvalue weighted by Crippen LogP contribution is -2.58. The van der Waals surface area contributed by atoms with E-state index < -0.39 is 29.9 Å². The molecule has 0 aliphatic carbocycles. The summed E-state index contributed by atoms with van der Waals surface area (Å²) < 4.78 is 5.78. The first kappa shape index (κ1) is 42.5. The Bertz CT molecular complexity index is 1490. The second-order valence-electron chi connectivity index (χ2n) is 14.5. The van der Waals surface area contributed by atoms with Crippen molar-refractivity contribution in [1.82, 2.24) is 30.8 Å². The van der Waals surface area contributed by atoms with Gasteiger partial charge in [-0.3, -0.25) is 34.3 Å². The van der Waals surface area contributed by atoms with Gasteiger partial charge in [0.25, 0.3) is 5.91 Å². The van der Waals surface area contributed by atoms with Crippen molar-refractivity contribution in [2.45, 2.75) is 117 Å². The number of benzene rings is 1. The van der Waals surface area contributed by atoms with Crippen molar-refractivity contribution >= 4 is 40.9 Å². The predicted octanol–water partition coefficient (Wildman–Crippen LogP) is 3.99. The quantitative estimate of drug-likeness (QED) is 0.0762. The fourth-order valence-electron chi connectivity index (χ4n) is 6.79. The van der Waals surface area contributed by atoms with E-state index in [-0.39, 0.29) is 59.8 Å². The number of hydrogen-bond acceptors (Lipinski definition) is 10. The summed E-state index contributed by atoms with van der Waals surface area (Å²) in [5, 5.41) is 8.16. The number of aromatic nitrogens is 1. The Morgan fingerprint density at radius 3 is 2.35 bits per heavy atom. The van der Waals surface area contributed by atoms with Crippen molar-refractivity contribution in [2.75, 3.05) is 20.6 Å². The van der Waals surface area contributed by atoms with Gasteiger partial charge in [-0.25, -0.2) is 10.8 Å². The summed E-state index contributed by atoms with van der Waals surface area (Å²) in [5.41, 5.74) is 3.33. The van der Waals surface area contributed by atoms with E-state index in [1.54, 1.807) is 24.3 Å². The van der Waals surface area contributed by atoms with E-state index in [9.17, 15) is 24.0 Å². The standard InChI is InChI=1S/C38H59N7O6S/c1-9-24(4)33(42-36(49)30-17-13-14-18-44(30)7)38(50)45(8)31(23(2)3)21-32(51-26(6)46)37-41-29(22-52-37)35(48)40-28(19-25(5)34(47)43-39)20-27-15-11-10-12-16-27/h10-12,15-16,22-25,28,30-33H,9,13-14,17-21,39H2,1-8H3,(H,40,48)(H,42,49)(H,43,47)/t24-,25-,28+,30?,31?,32?,33-/m0/s1.